The molecule has 154 valence electrons. The van der Waals surface area contributed by atoms with E-state index in [1.54, 1.807) is 6.07 Å². The van der Waals surface area contributed by atoms with Gasteiger partial charge in [-0.15, -0.1) is 0 Å². The highest BCUT2D eigenvalue weighted by Gasteiger charge is 2.34. The average molecular weight is 411 g/mol. The van der Waals surface area contributed by atoms with Gasteiger partial charge in [-0.1, -0.05) is 0 Å². The molecule has 1 atom stereocenters. The smallest absolute Gasteiger partial charge is 0.309 e. The van der Waals surface area contributed by atoms with E-state index in [1.807, 2.05) is 0 Å². The molecule has 0 radical (unpaired) electrons. The number of ether oxygens (including phenoxy) is 3. The quantitative estimate of drug-likeness (QED) is 0.681. The van der Waals surface area contributed by atoms with Crippen molar-refractivity contribution < 1.29 is 32.2 Å². The highest BCUT2D eigenvalue weighted by atomic mass is 32.2. The van der Waals surface area contributed by atoms with Crippen molar-refractivity contribution in [1.29, 1.82) is 0 Å². The molecular weight excluding hydrogens is 386 g/mol. The summed E-state index contributed by atoms with van der Waals surface area (Å²) < 4.78 is 43.6. The molecule has 0 spiro atoms. The summed E-state index contributed by atoms with van der Waals surface area (Å²) in [4.78, 5) is 23.5. The fraction of sp³-hybridized carbons (Fsp3) is 0.579. The number of piperidine rings is 1. The number of sulfonamides is 1. The van der Waals surface area contributed by atoms with Crippen molar-refractivity contribution in [3.05, 3.63) is 18.2 Å². The first-order valence-electron chi connectivity index (χ1n) is 9.40. The summed E-state index contributed by atoms with van der Waals surface area (Å²) in [7, 11) is -3.70. The van der Waals surface area contributed by atoms with Crippen LogP contribution in [0.1, 0.15) is 33.1 Å². The molecule has 2 aliphatic rings. The van der Waals surface area contributed by atoms with Crippen LogP contribution in [0.15, 0.2) is 23.1 Å². The summed E-state index contributed by atoms with van der Waals surface area (Å²) in [6.45, 7) is 4.33. The second-order valence-corrected chi connectivity index (χ2v) is 8.97. The van der Waals surface area contributed by atoms with Crippen LogP contribution in [-0.4, -0.2) is 56.9 Å². The molecular formula is C19H25NO7S. The van der Waals surface area contributed by atoms with Crippen molar-refractivity contribution in [3.63, 3.8) is 0 Å². The van der Waals surface area contributed by atoms with E-state index in [4.69, 9.17) is 14.2 Å². The topological polar surface area (TPSA) is 99.2 Å². The molecule has 0 aromatic heterocycles. The zero-order chi connectivity index (χ0) is 20.3. The Morgan fingerprint density at radius 1 is 1.14 bits per heavy atom. The van der Waals surface area contributed by atoms with Gasteiger partial charge in [0.25, 0.3) is 0 Å². The van der Waals surface area contributed by atoms with E-state index in [-0.39, 0.29) is 23.8 Å². The number of fused-ring (bicyclic) bond motifs is 1. The molecule has 0 aliphatic carbocycles. The minimum absolute atomic E-state index is 0.142. The maximum Gasteiger partial charge on any atom is 0.309 e. The zero-order valence-electron chi connectivity index (χ0n) is 16.0. The Labute approximate surface area is 164 Å². The number of hydrogen-bond donors (Lipinski definition) is 0. The molecule has 0 amide bonds. The second-order valence-electron chi connectivity index (χ2n) is 7.03. The van der Waals surface area contributed by atoms with Gasteiger partial charge in [-0.3, -0.25) is 9.59 Å². The number of nitrogens with zero attached hydrogens (tertiary/aromatic N) is 1. The largest absolute Gasteiger partial charge is 0.490 e. The maximum atomic E-state index is 13.0. The summed E-state index contributed by atoms with van der Waals surface area (Å²) in [5.74, 6) is -0.108. The van der Waals surface area contributed by atoms with E-state index in [1.165, 1.54) is 30.3 Å². The standard InChI is InChI=1S/C19H25NO7S/c1-13(21)14(2)27-19(22)15-6-8-20(9-7-15)28(23,24)16-4-5-17-18(12-16)26-11-3-10-25-17/h4-5,12,14-15H,3,6-11H2,1-2H3/t14-/m1/s1. The third-order valence-electron chi connectivity index (χ3n) is 5.01. The van der Waals surface area contributed by atoms with Crippen molar-refractivity contribution >= 4 is 21.8 Å². The molecule has 2 heterocycles. The molecule has 9 heteroatoms. The lowest BCUT2D eigenvalue weighted by atomic mass is 9.98. The molecule has 1 saturated heterocycles. The third-order valence-corrected chi connectivity index (χ3v) is 6.90. The summed E-state index contributed by atoms with van der Waals surface area (Å²) in [6.07, 6.45) is 0.666. The van der Waals surface area contributed by atoms with Crippen LogP contribution in [0, 0.1) is 5.92 Å². The molecule has 1 aromatic rings. The van der Waals surface area contributed by atoms with Crippen LogP contribution in [0.25, 0.3) is 0 Å². The van der Waals surface area contributed by atoms with Crippen molar-refractivity contribution in [1.82, 2.24) is 4.31 Å². The second kappa shape index (κ2) is 8.48. The van der Waals surface area contributed by atoms with E-state index in [2.05, 4.69) is 0 Å². The van der Waals surface area contributed by atoms with Gasteiger partial charge in [-0.2, -0.15) is 4.31 Å². The van der Waals surface area contributed by atoms with Crippen LogP contribution in [0.2, 0.25) is 0 Å². The monoisotopic (exact) mass is 411 g/mol. The van der Waals surface area contributed by atoms with Gasteiger partial charge < -0.3 is 14.2 Å². The number of rotatable bonds is 5. The van der Waals surface area contributed by atoms with E-state index >= 15 is 0 Å². The van der Waals surface area contributed by atoms with Crippen LogP contribution in [0.4, 0.5) is 0 Å². The Hall–Kier alpha value is -2.13. The first-order valence-corrected chi connectivity index (χ1v) is 10.8. The van der Waals surface area contributed by atoms with Crippen LogP contribution in [-0.2, 0) is 24.3 Å². The maximum absolute atomic E-state index is 13.0. The lowest BCUT2D eigenvalue weighted by Gasteiger charge is -2.30. The first kappa shape index (κ1) is 20.6. The predicted octanol–water partition coefficient (Wildman–Crippen LogP) is 1.77. The minimum atomic E-state index is -3.70. The molecule has 8 nitrogen and oxygen atoms in total. The Bertz CT molecular complexity index is 844. The number of esters is 1. The predicted molar refractivity (Wildman–Crippen MR) is 99.8 cm³/mol. The molecule has 1 aromatic carbocycles. The van der Waals surface area contributed by atoms with Crippen LogP contribution in [0.5, 0.6) is 11.5 Å². The van der Waals surface area contributed by atoms with Crippen LogP contribution >= 0.6 is 0 Å². The summed E-state index contributed by atoms with van der Waals surface area (Å²) in [5, 5.41) is 0. The average Bonchev–Trinajstić information content (AvgIpc) is 2.92. The molecule has 0 unspecified atom stereocenters. The number of carbonyl (C=O) groups is 2. The first-order chi connectivity index (χ1) is 13.3. The number of ketones is 1. The summed E-state index contributed by atoms with van der Waals surface area (Å²) in [6, 6.07) is 4.61. The normalized spacial score (nSPS) is 19.5. The third kappa shape index (κ3) is 4.47. The Kier molecular flexibility index (Phi) is 6.24. The Morgan fingerprint density at radius 3 is 2.43 bits per heavy atom. The molecule has 28 heavy (non-hydrogen) atoms. The minimum Gasteiger partial charge on any atom is -0.490 e. The van der Waals surface area contributed by atoms with E-state index in [0.717, 1.165) is 6.42 Å². The van der Waals surface area contributed by atoms with Crippen molar-refractivity contribution in [2.24, 2.45) is 5.92 Å². The van der Waals surface area contributed by atoms with E-state index < -0.39 is 28.0 Å². The number of carbonyl (C=O) groups excluding carboxylic acids is 2. The SMILES string of the molecule is CC(=O)[C@@H](C)OC(=O)C1CCN(S(=O)(=O)c2ccc3c(c2)OCCCO3)CC1. The lowest BCUT2D eigenvalue weighted by molar-refractivity contribution is -0.158. The highest BCUT2D eigenvalue weighted by Crippen LogP contribution is 2.33. The van der Waals surface area contributed by atoms with Gasteiger partial charge >= 0.3 is 5.97 Å². The fourth-order valence-corrected chi connectivity index (χ4v) is 4.62. The zero-order valence-corrected chi connectivity index (χ0v) is 16.9. The van der Waals surface area contributed by atoms with Crippen molar-refractivity contribution in [2.75, 3.05) is 26.3 Å². The van der Waals surface area contributed by atoms with Crippen molar-refractivity contribution in [3.8, 4) is 11.5 Å². The Morgan fingerprint density at radius 2 is 1.79 bits per heavy atom. The number of Topliss-reactive ketones (excluding diaryl/α,β-unsaturated/α-hetero) is 1. The van der Waals surface area contributed by atoms with Gasteiger partial charge in [0.15, 0.2) is 23.4 Å². The fourth-order valence-electron chi connectivity index (χ4n) is 3.14. The van der Waals surface area contributed by atoms with E-state index in [0.29, 0.717) is 37.6 Å². The lowest BCUT2D eigenvalue weighted by Crippen LogP contribution is -2.41. The molecule has 3 rings (SSSR count). The molecule has 0 saturated carbocycles. The van der Waals surface area contributed by atoms with Crippen molar-refractivity contribution in [2.45, 2.75) is 44.1 Å². The van der Waals surface area contributed by atoms with Crippen LogP contribution < -0.4 is 9.47 Å². The highest BCUT2D eigenvalue weighted by molar-refractivity contribution is 7.89. The summed E-state index contributed by atoms with van der Waals surface area (Å²) in [5.41, 5.74) is 0. The number of hydrogen-bond acceptors (Lipinski definition) is 7. The van der Waals surface area contributed by atoms with Gasteiger partial charge in [0.2, 0.25) is 10.0 Å². The molecule has 0 N–H and O–H groups in total. The summed E-state index contributed by atoms with van der Waals surface area (Å²) >= 11 is 0. The van der Waals surface area contributed by atoms with Gasteiger partial charge in [0.1, 0.15) is 0 Å². The molecule has 1 fully saturated rings. The van der Waals surface area contributed by atoms with Gasteiger partial charge in [-0.25, -0.2) is 8.42 Å². The Balaban J connectivity index is 1.66. The molecule has 0 bridgehead atoms. The number of benzene rings is 1. The van der Waals surface area contributed by atoms with Gasteiger partial charge in [0, 0.05) is 25.6 Å². The van der Waals surface area contributed by atoms with Gasteiger partial charge in [-0.05, 0) is 38.8 Å². The van der Waals surface area contributed by atoms with Crippen LogP contribution in [0.3, 0.4) is 0 Å². The molecule has 2 aliphatic heterocycles. The van der Waals surface area contributed by atoms with Gasteiger partial charge in [0.05, 0.1) is 24.0 Å². The van der Waals surface area contributed by atoms with E-state index in [9.17, 15) is 18.0 Å².